The topological polar surface area (TPSA) is 51.8 Å². The lowest BCUT2D eigenvalue weighted by Gasteiger charge is -1.95. The number of rotatable bonds is 1. The molecule has 2 aromatic heterocycles. The number of halogens is 1. The Kier molecular flexibility index (Phi) is 2.57. The zero-order valence-electron chi connectivity index (χ0n) is 8.72. The Morgan fingerprint density at radius 3 is 2.82 bits per heavy atom. The van der Waals surface area contributed by atoms with E-state index in [1.165, 1.54) is 0 Å². The number of hydrogen-bond acceptors (Lipinski definition) is 4. The van der Waals surface area contributed by atoms with Crippen LogP contribution in [0.3, 0.4) is 0 Å². The zero-order valence-corrected chi connectivity index (χ0v) is 11.1. The lowest BCUT2D eigenvalue weighted by molar-refractivity contribution is 1.31. The third-order valence-corrected chi connectivity index (χ3v) is 3.87. The summed E-state index contributed by atoms with van der Waals surface area (Å²) in [5, 5.41) is 0.894. The summed E-state index contributed by atoms with van der Waals surface area (Å²) in [6.07, 6.45) is 0. The summed E-state index contributed by atoms with van der Waals surface area (Å²) in [7, 11) is 0. The van der Waals surface area contributed by atoms with Crippen molar-refractivity contribution in [2.45, 2.75) is 0 Å². The van der Waals surface area contributed by atoms with Crippen LogP contribution >= 0.6 is 27.3 Å². The van der Waals surface area contributed by atoms with Gasteiger partial charge in [-0.05, 0) is 30.3 Å². The number of aromatic nitrogens is 2. The van der Waals surface area contributed by atoms with Crippen molar-refractivity contribution in [2.24, 2.45) is 0 Å². The molecule has 0 radical (unpaired) electrons. The van der Waals surface area contributed by atoms with Gasteiger partial charge < -0.3 is 5.73 Å². The highest BCUT2D eigenvalue weighted by molar-refractivity contribution is 9.10. The number of hydrogen-bond donors (Lipinski definition) is 1. The molecule has 1 aromatic carbocycles. The number of thiazole rings is 1. The maximum atomic E-state index is 5.67. The van der Waals surface area contributed by atoms with Gasteiger partial charge in [-0.15, -0.1) is 11.3 Å². The fourth-order valence-corrected chi connectivity index (χ4v) is 3.07. The van der Waals surface area contributed by atoms with Gasteiger partial charge in [0.25, 0.3) is 0 Å². The van der Waals surface area contributed by atoms with E-state index in [9.17, 15) is 0 Å². The third kappa shape index (κ3) is 2.03. The normalized spacial score (nSPS) is 10.9. The molecule has 0 bridgehead atoms. The van der Waals surface area contributed by atoms with E-state index in [2.05, 4.69) is 32.0 Å². The lowest BCUT2D eigenvalue weighted by atomic mass is 10.3. The van der Waals surface area contributed by atoms with Gasteiger partial charge in [-0.3, -0.25) is 0 Å². The van der Waals surface area contributed by atoms with Crippen molar-refractivity contribution in [3.8, 4) is 10.7 Å². The predicted octanol–water partition coefficient (Wildman–Crippen LogP) is 3.70. The summed E-state index contributed by atoms with van der Waals surface area (Å²) in [6, 6.07) is 11.6. The highest BCUT2D eigenvalue weighted by atomic mass is 79.9. The Balaban J connectivity index is 2.18. The Morgan fingerprint density at radius 1 is 1.12 bits per heavy atom. The molecule has 0 fully saturated rings. The summed E-state index contributed by atoms with van der Waals surface area (Å²) >= 11 is 5.07. The number of pyridine rings is 1. The quantitative estimate of drug-likeness (QED) is 0.746. The Morgan fingerprint density at radius 2 is 2.00 bits per heavy atom. The predicted molar refractivity (Wildman–Crippen MR) is 75.0 cm³/mol. The van der Waals surface area contributed by atoms with Gasteiger partial charge in [-0.1, -0.05) is 22.0 Å². The average molecular weight is 306 g/mol. The Labute approximate surface area is 110 Å². The number of nitrogen functional groups attached to an aromatic ring is 1. The monoisotopic (exact) mass is 305 g/mol. The molecule has 2 heterocycles. The molecule has 0 aliphatic carbocycles. The van der Waals surface area contributed by atoms with Crippen LogP contribution in [0, 0.1) is 0 Å². The molecule has 0 aliphatic heterocycles. The van der Waals surface area contributed by atoms with Crippen LogP contribution in [0.1, 0.15) is 0 Å². The summed E-state index contributed by atoms with van der Waals surface area (Å²) in [4.78, 5) is 8.82. The van der Waals surface area contributed by atoms with Gasteiger partial charge in [0.1, 0.15) is 16.5 Å². The van der Waals surface area contributed by atoms with Gasteiger partial charge in [0.15, 0.2) is 0 Å². The molecule has 0 saturated carbocycles. The van der Waals surface area contributed by atoms with E-state index in [-0.39, 0.29) is 0 Å². The van der Waals surface area contributed by atoms with E-state index in [0.717, 1.165) is 25.4 Å². The van der Waals surface area contributed by atoms with Crippen LogP contribution in [-0.4, -0.2) is 9.97 Å². The second-order valence-corrected chi connectivity index (χ2v) is 5.53. The van der Waals surface area contributed by atoms with E-state index < -0.39 is 0 Å². The number of benzene rings is 1. The van der Waals surface area contributed by atoms with Gasteiger partial charge in [-0.2, -0.15) is 0 Å². The molecular formula is C12H8BrN3S. The van der Waals surface area contributed by atoms with Crippen LogP contribution in [0.2, 0.25) is 0 Å². The van der Waals surface area contributed by atoms with Crippen molar-refractivity contribution in [2.75, 3.05) is 5.73 Å². The van der Waals surface area contributed by atoms with Gasteiger partial charge in [-0.25, -0.2) is 9.97 Å². The van der Waals surface area contributed by atoms with Crippen LogP contribution in [0.25, 0.3) is 20.9 Å². The van der Waals surface area contributed by atoms with E-state index in [1.807, 2.05) is 24.3 Å². The molecule has 17 heavy (non-hydrogen) atoms. The average Bonchev–Trinajstić information content (AvgIpc) is 2.72. The van der Waals surface area contributed by atoms with Crippen LogP contribution in [-0.2, 0) is 0 Å². The molecule has 0 saturated heterocycles. The van der Waals surface area contributed by atoms with Crippen LogP contribution in [0.15, 0.2) is 40.9 Å². The number of anilines is 1. The fraction of sp³-hybridized carbons (Fsp3) is 0. The first kappa shape index (κ1) is 10.7. The first-order valence-corrected chi connectivity index (χ1v) is 6.62. The van der Waals surface area contributed by atoms with Gasteiger partial charge >= 0.3 is 0 Å². The Hall–Kier alpha value is -1.46. The third-order valence-electron chi connectivity index (χ3n) is 2.34. The minimum Gasteiger partial charge on any atom is -0.384 e. The highest BCUT2D eigenvalue weighted by Crippen LogP contribution is 2.30. The maximum absolute atomic E-state index is 5.67. The fourth-order valence-electron chi connectivity index (χ4n) is 1.58. The smallest absolute Gasteiger partial charge is 0.143 e. The second-order valence-electron chi connectivity index (χ2n) is 3.58. The zero-order chi connectivity index (χ0) is 11.8. The molecule has 84 valence electrons. The lowest BCUT2D eigenvalue weighted by Crippen LogP contribution is -1.90. The molecule has 0 atom stereocenters. The van der Waals surface area contributed by atoms with Crippen molar-refractivity contribution in [3.05, 3.63) is 40.9 Å². The molecule has 0 spiro atoms. The highest BCUT2D eigenvalue weighted by Gasteiger charge is 2.07. The number of nitrogens with two attached hydrogens (primary N) is 1. The molecular weight excluding hydrogens is 298 g/mol. The van der Waals surface area contributed by atoms with Crippen molar-refractivity contribution < 1.29 is 0 Å². The van der Waals surface area contributed by atoms with Crippen LogP contribution < -0.4 is 5.73 Å². The molecule has 3 nitrogen and oxygen atoms in total. The molecule has 0 amide bonds. The van der Waals surface area contributed by atoms with Gasteiger partial charge in [0.05, 0.1) is 10.2 Å². The van der Waals surface area contributed by atoms with Crippen molar-refractivity contribution in [1.82, 2.24) is 9.97 Å². The van der Waals surface area contributed by atoms with E-state index >= 15 is 0 Å². The molecule has 3 aromatic rings. The number of fused-ring (bicyclic) bond motifs is 1. The van der Waals surface area contributed by atoms with Crippen LogP contribution in [0.5, 0.6) is 0 Å². The minimum atomic E-state index is 0.517. The Bertz CT molecular complexity index is 693. The van der Waals surface area contributed by atoms with Crippen molar-refractivity contribution >= 4 is 43.3 Å². The molecule has 0 unspecified atom stereocenters. The molecule has 3 rings (SSSR count). The summed E-state index contributed by atoms with van der Waals surface area (Å²) in [5.74, 6) is 0.517. The maximum Gasteiger partial charge on any atom is 0.143 e. The van der Waals surface area contributed by atoms with E-state index in [0.29, 0.717) is 5.82 Å². The first-order valence-electron chi connectivity index (χ1n) is 5.01. The molecule has 5 heteroatoms. The summed E-state index contributed by atoms with van der Waals surface area (Å²) in [6.45, 7) is 0. The van der Waals surface area contributed by atoms with Crippen molar-refractivity contribution in [3.63, 3.8) is 0 Å². The van der Waals surface area contributed by atoms with Crippen LogP contribution in [0.4, 0.5) is 5.82 Å². The first-order chi connectivity index (χ1) is 8.22. The number of nitrogens with zero attached hydrogens (tertiary/aromatic N) is 2. The molecule has 2 N–H and O–H groups in total. The SMILES string of the molecule is Nc1cccc(-c2nc3ccc(Br)cc3s2)n1. The standard InChI is InChI=1S/C12H8BrN3S/c13-7-4-5-8-10(6-7)17-12(16-8)9-2-1-3-11(14)15-9/h1-6H,(H2,14,15). The largest absolute Gasteiger partial charge is 0.384 e. The summed E-state index contributed by atoms with van der Waals surface area (Å²) < 4.78 is 2.19. The van der Waals surface area contributed by atoms with Gasteiger partial charge in [0.2, 0.25) is 0 Å². The minimum absolute atomic E-state index is 0.517. The van der Waals surface area contributed by atoms with Crippen molar-refractivity contribution in [1.29, 1.82) is 0 Å². The summed E-state index contributed by atoms with van der Waals surface area (Å²) in [5.41, 5.74) is 7.48. The molecule has 0 aliphatic rings. The van der Waals surface area contributed by atoms with Gasteiger partial charge in [0, 0.05) is 4.47 Å². The van der Waals surface area contributed by atoms with E-state index in [1.54, 1.807) is 17.4 Å². The van der Waals surface area contributed by atoms with E-state index in [4.69, 9.17) is 5.73 Å². The second kappa shape index (κ2) is 4.09.